The molecule has 31 heavy (non-hydrogen) atoms. The molecule has 0 aliphatic carbocycles. The van der Waals surface area contributed by atoms with Gasteiger partial charge in [0.2, 0.25) is 0 Å². The second kappa shape index (κ2) is 9.09. The fraction of sp³-hybridized carbons (Fsp3) is 0.0800. The fourth-order valence-corrected chi connectivity index (χ4v) is 3.31. The zero-order valence-electron chi connectivity index (χ0n) is 17.1. The zero-order chi connectivity index (χ0) is 21.6. The number of hydrogen-bond donors (Lipinski definition) is 2. The molecule has 4 aromatic rings. The van der Waals surface area contributed by atoms with E-state index in [2.05, 4.69) is 15.7 Å². The molecular formula is C25H22N4O2. The number of amides is 2. The molecule has 0 bridgehead atoms. The third-order valence-corrected chi connectivity index (χ3v) is 4.90. The lowest BCUT2D eigenvalue weighted by Gasteiger charge is -2.07. The molecule has 0 radical (unpaired) electrons. The maximum Gasteiger partial charge on any atom is 0.255 e. The molecule has 0 unspecified atom stereocenters. The molecular weight excluding hydrogens is 388 g/mol. The number of hydrogen-bond acceptors (Lipinski definition) is 3. The van der Waals surface area contributed by atoms with Gasteiger partial charge in [0.15, 0.2) is 0 Å². The van der Waals surface area contributed by atoms with Crippen LogP contribution in [0, 0.1) is 0 Å². The Morgan fingerprint density at radius 1 is 0.871 bits per heavy atom. The van der Waals surface area contributed by atoms with E-state index in [-0.39, 0.29) is 11.8 Å². The minimum atomic E-state index is -0.230. The van der Waals surface area contributed by atoms with E-state index in [4.69, 9.17) is 0 Å². The molecule has 4 rings (SSSR count). The molecule has 2 amide bonds. The van der Waals surface area contributed by atoms with Gasteiger partial charge < -0.3 is 10.6 Å². The van der Waals surface area contributed by atoms with Gasteiger partial charge in [-0.05, 0) is 29.8 Å². The Morgan fingerprint density at radius 3 is 2.29 bits per heavy atom. The molecule has 0 aliphatic heterocycles. The van der Waals surface area contributed by atoms with Crippen LogP contribution in [0.25, 0.3) is 16.9 Å². The lowest BCUT2D eigenvalue weighted by molar-refractivity contribution is 0.0949. The Bertz CT molecular complexity index is 1200. The molecule has 0 saturated heterocycles. The number of carbonyl (C=O) groups is 2. The molecule has 0 atom stereocenters. The SMILES string of the molecule is CNC(=O)c1cccc(CNC(=O)c2cn(-c3ccccc3)nc2-c2ccccc2)c1. The number of aromatic nitrogens is 2. The molecule has 3 aromatic carbocycles. The van der Waals surface area contributed by atoms with Crippen molar-refractivity contribution in [3.63, 3.8) is 0 Å². The highest BCUT2D eigenvalue weighted by Crippen LogP contribution is 2.23. The lowest BCUT2D eigenvalue weighted by Crippen LogP contribution is -2.23. The zero-order valence-corrected chi connectivity index (χ0v) is 17.1. The Morgan fingerprint density at radius 2 is 1.58 bits per heavy atom. The van der Waals surface area contributed by atoms with E-state index < -0.39 is 0 Å². The third kappa shape index (κ3) is 4.53. The average Bonchev–Trinajstić information content (AvgIpc) is 3.29. The minimum Gasteiger partial charge on any atom is -0.355 e. The van der Waals surface area contributed by atoms with Gasteiger partial charge in [-0.3, -0.25) is 9.59 Å². The van der Waals surface area contributed by atoms with Gasteiger partial charge in [0.05, 0.1) is 11.3 Å². The molecule has 2 N–H and O–H groups in total. The molecule has 6 nitrogen and oxygen atoms in total. The molecule has 1 aromatic heterocycles. The van der Waals surface area contributed by atoms with E-state index in [1.807, 2.05) is 66.7 Å². The normalized spacial score (nSPS) is 10.5. The van der Waals surface area contributed by atoms with E-state index in [1.54, 1.807) is 36.1 Å². The molecule has 0 fully saturated rings. The summed E-state index contributed by atoms with van der Waals surface area (Å²) in [5, 5.41) is 10.2. The van der Waals surface area contributed by atoms with Gasteiger partial charge in [-0.25, -0.2) is 4.68 Å². The summed E-state index contributed by atoms with van der Waals surface area (Å²) in [6.45, 7) is 0.300. The van der Waals surface area contributed by atoms with Crippen molar-refractivity contribution in [3.05, 3.63) is 108 Å². The maximum absolute atomic E-state index is 13.1. The van der Waals surface area contributed by atoms with Crippen molar-refractivity contribution in [2.45, 2.75) is 6.54 Å². The van der Waals surface area contributed by atoms with Crippen LogP contribution in [0.4, 0.5) is 0 Å². The van der Waals surface area contributed by atoms with E-state index in [9.17, 15) is 9.59 Å². The third-order valence-electron chi connectivity index (χ3n) is 4.90. The first-order chi connectivity index (χ1) is 15.2. The highest BCUT2D eigenvalue weighted by atomic mass is 16.2. The lowest BCUT2D eigenvalue weighted by atomic mass is 10.1. The van der Waals surface area contributed by atoms with E-state index in [0.717, 1.165) is 16.8 Å². The Labute approximate surface area is 180 Å². The van der Waals surface area contributed by atoms with Crippen molar-refractivity contribution in [1.29, 1.82) is 0 Å². The van der Waals surface area contributed by atoms with Crippen LogP contribution in [0.15, 0.2) is 91.1 Å². The van der Waals surface area contributed by atoms with Gasteiger partial charge in [-0.15, -0.1) is 0 Å². The summed E-state index contributed by atoms with van der Waals surface area (Å²) in [5.41, 5.74) is 4.22. The first-order valence-electron chi connectivity index (χ1n) is 9.95. The summed E-state index contributed by atoms with van der Waals surface area (Å²) in [7, 11) is 1.59. The number of para-hydroxylation sites is 1. The van der Waals surface area contributed by atoms with Gasteiger partial charge in [0.1, 0.15) is 5.69 Å². The van der Waals surface area contributed by atoms with Gasteiger partial charge >= 0.3 is 0 Å². The summed E-state index contributed by atoms with van der Waals surface area (Å²) < 4.78 is 1.71. The fourth-order valence-electron chi connectivity index (χ4n) is 3.31. The first-order valence-corrected chi connectivity index (χ1v) is 9.95. The Kier molecular flexibility index (Phi) is 5.89. The summed E-state index contributed by atoms with van der Waals surface area (Å²) in [6, 6.07) is 26.5. The monoisotopic (exact) mass is 410 g/mol. The number of rotatable bonds is 6. The predicted molar refractivity (Wildman–Crippen MR) is 120 cm³/mol. The van der Waals surface area contributed by atoms with Crippen LogP contribution in [0.1, 0.15) is 26.3 Å². The second-order valence-electron chi connectivity index (χ2n) is 7.00. The van der Waals surface area contributed by atoms with Crippen LogP contribution < -0.4 is 10.6 Å². The second-order valence-corrected chi connectivity index (χ2v) is 7.00. The molecule has 0 saturated carbocycles. The Hall–Kier alpha value is -4.19. The molecule has 6 heteroatoms. The molecule has 1 heterocycles. The Balaban J connectivity index is 1.61. The van der Waals surface area contributed by atoms with Gasteiger partial charge in [0.25, 0.3) is 11.8 Å². The average molecular weight is 410 g/mol. The van der Waals surface area contributed by atoms with Crippen LogP contribution in [-0.2, 0) is 6.54 Å². The van der Waals surface area contributed by atoms with Crippen LogP contribution in [-0.4, -0.2) is 28.6 Å². The van der Waals surface area contributed by atoms with Crippen molar-refractivity contribution < 1.29 is 9.59 Å². The number of nitrogens with zero attached hydrogens (tertiary/aromatic N) is 2. The van der Waals surface area contributed by atoms with Crippen LogP contribution in [0.2, 0.25) is 0 Å². The molecule has 154 valence electrons. The number of carbonyl (C=O) groups excluding carboxylic acids is 2. The summed E-state index contributed by atoms with van der Waals surface area (Å²) in [4.78, 5) is 24.9. The smallest absolute Gasteiger partial charge is 0.255 e. The predicted octanol–water partition coefficient (Wildman–Crippen LogP) is 3.83. The van der Waals surface area contributed by atoms with E-state index in [1.165, 1.54) is 0 Å². The van der Waals surface area contributed by atoms with Crippen molar-refractivity contribution in [1.82, 2.24) is 20.4 Å². The van der Waals surface area contributed by atoms with E-state index >= 15 is 0 Å². The molecule has 0 aliphatic rings. The van der Waals surface area contributed by atoms with Crippen LogP contribution in [0.5, 0.6) is 0 Å². The summed E-state index contributed by atoms with van der Waals surface area (Å²) >= 11 is 0. The standard InChI is InChI=1S/C25H22N4O2/c1-26-24(30)20-12-8-9-18(15-20)16-27-25(31)22-17-29(21-13-6-3-7-14-21)28-23(22)19-10-4-2-5-11-19/h2-15,17H,16H2,1H3,(H,26,30)(H,27,31). The van der Waals surface area contributed by atoms with Crippen LogP contribution in [0.3, 0.4) is 0 Å². The van der Waals surface area contributed by atoms with Crippen molar-refractivity contribution in [2.75, 3.05) is 7.05 Å². The topological polar surface area (TPSA) is 76.0 Å². The first kappa shape index (κ1) is 20.1. The number of nitrogens with one attached hydrogen (secondary N) is 2. The number of benzene rings is 3. The van der Waals surface area contributed by atoms with Gasteiger partial charge in [-0.1, -0.05) is 60.7 Å². The van der Waals surface area contributed by atoms with Crippen molar-refractivity contribution in [2.24, 2.45) is 0 Å². The highest BCUT2D eigenvalue weighted by molar-refractivity contribution is 6.00. The van der Waals surface area contributed by atoms with Gasteiger partial charge in [0, 0.05) is 30.9 Å². The minimum absolute atomic E-state index is 0.163. The van der Waals surface area contributed by atoms with Crippen molar-refractivity contribution >= 4 is 11.8 Å². The quantitative estimate of drug-likeness (QED) is 0.507. The van der Waals surface area contributed by atoms with Crippen molar-refractivity contribution in [3.8, 4) is 16.9 Å². The summed E-state index contributed by atoms with van der Waals surface area (Å²) in [6.07, 6.45) is 1.74. The largest absolute Gasteiger partial charge is 0.355 e. The maximum atomic E-state index is 13.1. The van der Waals surface area contributed by atoms with Gasteiger partial charge in [-0.2, -0.15) is 5.10 Å². The van der Waals surface area contributed by atoms with Crippen LogP contribution >= 0.6 is 0 Å². The van der Waals surface area contributed by atoms with E-state index in [0.29, 0.717) is 23.4 Å². The molecule has 0 spiro atoms. The summed E-state index contributed by atoms with van der Waals surface area (Å²) in [5.74, 6) is -0.393. The highest BCUT2D eigenvalue weighted by Gasteiger charge is 2.18.